The summed E-state index contributed by atoms with van der Waals surface area (Å²) >= 11 is 0. The van der Waals surface area contributed by atoms with Crippen molar-refractivity contribution < 1.29 is 4.79 Å². The second kappa shape index (κ2) is 5.85. The van der Waals surface area contributed by atoms with Crippen LogP contribution < -0.4 is 0 Å². The van der Waals surface area contributed by atoms with Gasteiger partial charge in [0, 0.05) is 25.6 Å². The molecule has 0 aromatic heterocycles. The van der Waals surface area contributed by atoms with Crippen molar-refractivity contribution in [1.82, 2.24) is 9.80 Å². The molecule has 0 saturated carbocycles. The molecule has 0 bridgehead atoms. The first-order valence-corrected chi connectivity index (χ1v) is 7.24. The molecule has 2 heterocycles. The summed E-state index contributed by atoms with van der Waals surface area (Å²) in [7, 11) is 0. The summed E-state index contributed by atoms with van der Waals surface area (Å²) in [5.74, 6) is 0.964. The Bertz CT molecular complexity index is 261. The predicted molar refractivity (Wildman–Crippen MR) is 69.9 cm³/mol. The first-order chi connectivity index (χ1) is 8.22. The van der Waals surface area contributed by atoms with Gasteiger partial charge in [0.25, 0.3) is 0 Å². The molecule has 0 N–H and O–H groups in total. The number of carbonyl (C=O) groups excluding carboxylic acids is 1. The maximum absolute atomic E-state index is 11.7. The van der Waals surface area contributed by atoms with E-state index in [0.717, 1.165) is 19.1 Å². The van der Waals surface area contributed by atoms with Crippen LogP contribution in [0.4, 0.5) is 0 Å². The summed E-state index contributed by atoms with van der Waals surface area (Å²) in [4.78, 5) is 16.4. The molecule has 2 aliphatic heterocycles. The molecule has 2 unspecified atom stereocenters. The quantitative estimate of drug-likeness (QED) is 0.735. The van der Waals surface area contributed by atoms with Gasteiger partial charge in [-0.05, 0) is 38.3 Å². The number of amides is 1. The van der Waals surface area contributed by atoms with Crippen LogP contribution in [0, 0.1) is 5.92 Å². The van der Waals surface area contributed by atoms with Crippen LogP contribution in [0.5, 0.6) is 0 Å². The Labute approximate surface area is 105 Å². The second-order valence-electron chi connectivity index (χ2n) is 5.62. The van der Waals surface area contributed by atoms with Crippen LogP contribution in [-0.4, -0.2) is 47.9 Å². The van der Waals surface area contributed by atoms with Gasteiger partial charge < -0.3 is 4.90 Å². The van der Waals surface area contributed by atoms with Gasteiger partial charge in [-0.3, -0.25) is 9.69 Å². The number of piperidine rings is 2. The minimum atomic E-state index is 0.328. The first-order valence-electron chi connectivity index (χ1n) is 7.24. The lowest BCUT2D eigenvalue weighted by Crippen LogP contribution is -2.52. The predicted octanol–water partition coefficient (Wildman–Crippen LogP) is 2.12. The zero-order valence-corrected chi connectivity index (χ0v) is 11.3. The molecule has 0 aromatic rings. The van der Waals surface area contributed by atoms with Gasteiger partial charge in [-0.2, -0.15) is 0 Å². The summed E-state index contributed by atoms with van der Waals surface area (Å²) in [6.07, 6.45) is 5.95. The number of rotatable bonds is 2. The van der Waals surface area contributed by atoms with Crippen molar-refractivity contribution >= 4 is 5.91 Å². The lowest BCUT2D eigenvalue weighted by Gasteiger charge is -2.44. The van der Waals surface area contributed by atoms with E-state index in [-0.39, 0.29) is 0 Å². The summed E-state index contributed by atoms with van der Waals surface area (Å²) in [5.41, 5.74) is 0. The highest BCUT2D eigenvalue weighted by molar-refractivity contribution is 5.75. The maximum Gasteiger partial charge on any atom is 0.222 e. The van der Waals surface area contributed by atoms with E-state index in [0.29, 0.717) is 18.2 Å². The Balaban J connectivity index is 1.88. The molecule has 2 rings (SSSR count). The van der Waals surface area contributed by atoms with Crippen LogP contribution in [-0.2, 0) is 4.79 Å². The fraction of sp³-hybridized carbons (Fsp3) is 0.929. The third-order valence-electron chi connectivity index (χ3n) is 4.37. The normalized spacial score (nSPS) is 31.5. The molecule has 0 spiro atoms. The third kappa shape index (κ3) is 3.01. The van der Waals surface area contributed by atoms with Crippen LogP contribution in [0.25, 0.3) is 0 Å². The van der Waals surface area contributed by atoms with E-state index in [4.69, 9.17) is 0 Å². The van der Waals surface area contributed by atoms with Crippen molar-refractivity contribution in [1.29, 1.82) is 0 Å². The van der Waals surface area contributed by atoms with E-state index in [2.05, 4.69) is 16.7 Å². The standard InChI is InChI=1S/C14H26N2O/c1-3-14(17)16-10-7-13(12(2)11-16)15-8-5-4-6-9-15/h12-13H,3-11H2,1-2H3. The Hall–Kier alpha value is -0.570. The number of hydrogen-bond donors (Lipinski definition) is 0. The summed E-state index contributed by atoms with van der Waals surface area (Å²) < 4.78 is 0. The van der Waals surface area contributed by atoms with Crippen molar-refractivity contribution in [2.45, 2.75) is 52.0 Å². The van der Waals surface area contributed by atoms with Crippen LogP contribution >= 0.6 is 0 Å². The number of nitrogens with zero attached hydrogens (tertiary/aromatic N) is 2. The Morgan fingerprint density at radius 3 is 2.47 bits per heavy atom. The zero-order valence-electron chi connectivity index (χ0n) is 11.3. The van der Waals surface area contributed by atoms with Crippen molar-refractivity contribution in [3.63, 3.8) is 0 Å². The number of carbonyl (C=O) groups is 1. The molecule has 3 heteroatoms. The van der Waals surface area contributed by atoms with E-state index >= 15 is 0 Å². The molecule has 0 aliphatic carbocycles. The highest BCUT2D eigenvalue weighted by Crippen LogP contribution is 2.25. The minimum absolute atomic E-state index is 0.328. The van der Waals surface area contributed by atoms with E-state index in [1.165, 1.54) is 38.8 Å². The smallest absolute Gasteiger partial charge is 0.222 e. The number of likely N-dealkylation sites (tertiary alicyclic amines) is 2. The van der Waals surface area contributed by atoms with Crippen molar-refractivity contribution in [2.24, 2.45) is 5.92 Å². The zero-order chi connectivity index (χ0) is 12.3. The Kier molecular flexibility index (Phi) is 4.43. The largest absolute Gasteiger partial charge is 0.342 e. The lowest BCUT2D eigenvalue weighted by atomic mass is 9.90. The summed E-state index contributed by atoms with van der Waals surface area (Å²) in [6.45, 7) is 8.76. The molecule has 98 valence electrons. The highest BCUT2D eigenvalue weighted by Gasteiger charge is 2.32. The average molecular weight is 238 g/mol. The Morgan fingerprint density at radius 2 is 1.88 bits per heavy atom. The van der Waals surface area contributed by atoms with E-state index in [1.807, 2.05) is 6.92 Å². The molecule has 2 aliphatic rings. The van der Waals surface area contributed by atoms with Crippen LogP contribution in [0.2, 0.25) is 0 Å². The van der Waals surface area contributed by atoms with E-state index < -0.39 is 0 Å². The fourth-order valence-corrected chi connectivity index (χ4v) is 3.38. The van der Waals surface area contributed by atoms with Gasteiger partial charge in [0.1, 0.15) is 0 Å². The molecule has 0 aromatic carbocycles. The van der Waals surface area contributed by atoms with Gasteiger partial charge in [-0.15, -0.1) is 0 Å². The first kappa shape index (κ1) is 12.9. The third-order valence-corrected chi connectivity index (χ3v) is 4.37. The fourth-order valence-electron chi connectivity index (χ4n) is 3.38. The van der Waals surface area contributed by atoms with Crippen molar-refractivity contribution in [3.8, 4) is 0 Å². The summed E-state index contributed by atoms with van der Waals surface area (Å²) in [5, 5.41) is 0. The lowest BCUT2D eigenvalue weighted by molar-refractivity contribution is -0.133. The van der Waals surface area contributed by atoms with Gasteiger partial charge in [-0.25, -0.2) is 0 Å². The molecule has 2 atom stereocenters. The number of hydrogen-bond acceptors (Lipinski definition) is 2. The van der Waals surface area contributed by atoms with E-state index in [1.54, 1.807) is 0 Å². The van der Waals surface area contributed by atoms with Crippen LogP contribution in [0.3, 0.4) is 0 Å². The van der Waals surface area contributed by atoms with Gasteiger partial charge in [0.05, 0.1) is 0 Å². The van der Waals surface area contributed by atoms with Gasteiger partial charge in [-0.1, -0.05) is 20.3 Å². The van der Waals surface area contributed by atoms with E-state index in [9.17, 15) is 4.79 Å². The van der Waals surface area contributed by atoms with Gasteiger partial charge >= 0.3 is 0 Å². The van der Waals surface area contributed by atoms with Crippen molar-refractivity contribution in [3.05, 3.63) is 0 Å². The molecular formula is C14H26N2O. The highest BCUT2D eigenvalue weighted by atomic mass is 16.2. The Morgan fingerprint density at radius 1 is 1.18 bits per heavy atom. The van der Waals surface area contributed by atoms with Crippen LogP contribution in [0.15, 0.2) is 0 Å². The van der Waals surface area contributed by atoms with Crippen molar-refractivity contribution in [2.75, 3.05) is 26.2 Å². The van der Waals surface area contributed by atoms with Crippen LogP contribution in [0.1, 0.15) is 46.0 Å². The molecular weight excluding hydrogens is 212 g/mol. The SMILES string of the molecule is CCC(=O)N1CCC(N2CCCCC2)C(C)C1. The topological polar surface area (TPSA) is 23.6 Å². The molecule has 1 amide bonds. The molecule has 2 fully saturated rings. The molecule has 17 heavy (non-hydrogen) atoms. The monoisotopic (exact) mass is 238 g/mol. The van der Waals surface area contributed by atoms with Gasteiger partial charge in [0.2, 0.25) is 5.91 Å². The average Bonchev–Trinajstić information content (AvgIpc) is 2.38. The summed E-state index contributed by atoms with van der Waals surface area (Å²) in [6, 6.07) is 0.719. The molecule has 3 nitrogen and oxygen atoms in total. The molecule has 0 radical (unpaired) electrons. The maximum atomic E-state index is 11.7. The molecule has 2 saturated heterocycles. The second-order valence-corrected chi connectivity index (χ2v) is 5.62. The van der Waals surface area contributed by atoms with Gasteiger partial charge in [0.15, 0.2) is 0 Å². The minimum Gasteiger partial charge on any atom is -0.342 e.